The van der Waals surface area contributed by atoms with Crippen LogP contribution >= 0.6 is 0 Å². The van der Waals surface area contributed by atoms with Crippen molar-refractivity contribution in [2.75, 3.05) is 0 Å². The number of carboxylic acids is 1. The molecule has 0 radical (unpaired) electrons. The maximum Gasteiger partial charge on any atom is 0.313 e. The lowest BCUT2D eigenvalue weighted by Crippen LogP contribution is -2.28. The number of aliphatic carboxylic acids is 1. The van der Waals surface area contributed by atoms with Gasteiger partial charge in [-0.2, -0.15) is 0 Å². The highest BCUT2D eigenvalue weighted by atomic mass is 16.4. The topological polar surface area (TPSA) is 50.2 Å². The van der Waals surface area contributed by atoms with Gasteiger partial charge < -0.3 is 5.11 Å². The molecule has 1 N–H and O–H groups in total. The van der Waals surface area contributed by atoms with Crippen molar-refractivity contribution in [1.29, 1.82) is 0 Å². The summed E-state index contributed by atoms with van der Waals surface area (Å²) < 4.78 is 0. The Hall–Kier alpha value is -1.38. The molecule has 3 nitrogen and oxygen atoms in total. The van der Waals surface area contributed by atoms with Gasteiger partial charge in [-0.25, -0.2) is 0 Å². The molecule has 0 aromatic carbocycles. The quantitative estimate of drug-likeness (QED) is 0.814. The third-order valence-corrected chi connectivity index (χ3v) is 2.15. The zero-order chi connectivity index (χ0) is 12.1. The summed E-state index contributed by atoms with van der Waals surface area (Å²) in [5.41, 5.74) is 0.785. The first-order chi connectivity index (χ1) is 6.94. The molecule has 1 aromatic heterocycles. The lowest BCUT2D eigenvalue weighted by atomic mass is 9.85. The molecule has 84 valence electrons. The van der Waals surface area contributed by atoms with Gasteiger partial charge in [0.2, 0.25) is 0 Å². The fourth-order valence-electron chi connectivity index (χ4n) is 1.06. The second-order valence-electron chi connectivity index (χ2n) is 3.62. The van der Waals surface area contributed by atoms with Crippen molar-refractivity contribution >= 4 is 5.97 Å². The molecule has 0 aliphatic carbocycles. The molecule has 0 aliphatic rings. The largest absolute Gasteiger partial charge is 0.481 e. The van der Waals surface area contributed by atoms with Crippen LogP contribution in [-0.4, -0.2) is 16.1 Å². The Morgan fingerprint density at radius 2 is 1.93 bits per heavy atom. The Morgan fingerprint density at radius 1 is 1.40 bits per heavy atom. The first-order valence-corrected chi connectivity index (χ1v) is 5.11. The number of aromatic nitrogens is 1. The Kier molecular flexibility index (Phi) is 4.98. The van der Waals surface area contributed by atoms with Gasteiger partial charge in [0, 0.05) is 11.9 Å². The number of hydrogen-bond donors (Lipinski definition) is 1. The van der Waals surface area contributed by atoms with Crippen molar-refractivity contribution in [2.45, 2.75) is 40.0 Å². The molecule has 3 heteroatoms. The summed E-state index contributed by atoms with van der Waals surface area (Å²) in [5, 5.41) is 8.97. The van der Waals surface area contributed by atoms with E-state index < -0.39 is 11.4 Å². The first-order valence-electron chi connectivity index (χ1n) is 5.11. The van der Waals surface area contributed by atoms with E-state index in [9.17, 15) is 4.79 Å². The maximum absolute atomic E-state index is 10.9. The van der Waals surface area contributed by atoms with Gasteiger partial charge in [-0.05, 0) is 38.5 Å². The van der Waals surface area contributed by atoms with Gasteiger partial charge in [0.25, 0.3) is 0 Å². The van der Waals surface area contributed by atoms with Crippen molar-refractivity contribution in [2.24, 2.45) is 0 Å². The van der Waals surface area contributed by atoms with E-state index in [1.54, 1.807) is 32.2 Å². The summed E-state index contributed by atoms with van der Waals surface area (Å²) >= 11 is 0. The highest BCUT2D eigenvalue weighted by Crippen LogP contribution is 2.23. The van der Waals surface area contributed by atoms with Crippen LogP contribution in [-0.2, 0) is 10.2 Å². The molecule has 0 unspecified atom stereocenters. The summed E-state index contributed by atoms with van der Waals surface area (Å²) in [5.74, 6) is -0.821. The molecule has 0 saturated carbocycles. The van der Waals surface area contributed by atoms with Crippen LogP contribution in [0.3, 0.4) is 0 Å². The minimum Gasteiger partial charge on any atom is -0.481 e. The monoisotopic (exact) mass is 209 g/mol. The highest BCUT2D eigenvalue weighted by molar-refractivity contribution is 5.80. The zero-order valence-electron chi connectivity index (χ0n) is 10.0. The lowest BCUT2D eigenvalue weighted by Gasteiger charge is -2.19. The van der Waals surface area contributed by atoms with Crippen molar-refractivity contribution in [3.63, 3.8) is 0 Å². The van der Waals surface area contributed by atoms with Gasteiger partial charge in [-0.15, -0.1) is 0 Å². The third-order valence-electron chi connectivity index (χ3n) is 2.15. The fourth-order valence-corrected chi connectivity index (χ4v) is 1.06. The Balaban J connectivity index is 0.000000921. The second-order valence-corrected chi connectivity index (χ2v) is 3.62. The Morgan fingerprint density at radius 3 is 2.33 bits per heavy atom. The summed E-state index contributed by atoms with van der Waals surface area (Å²) in [7, 11) is 0. The molecule has 0 atom stereocenters. The SMILES string of the molecule is CC.Cc1cc(C(C)(C)C(=O)O)ccn1. The van der Waals surface area contributed by atoms with E-state index in [4.69, 9.17) is 5.11 Å². The van der Waals surface area contributed by atoms with Gasteiger partial charge in [0.05, 0.1) is 5.41 Å². The number of carboxylic acid groups (broad SMARTS) is 1. The molecule has 0 saturated heterocycles. The predicted octanol–water partition coefficient (Wildman–Crippen LogP) is 2.78. The number of nitrogens with zero attached hydrogens (tertiary/aromatic N) is 1. The fraction of sp³-hybridized carbons (Fsp3) is 0.500. The van der Waals surface area contributed by atoms with E-state index in [0.29, 0.717) is 0 Å². The van der Waals surface area contributed by atoms with Gasteiger partial charge in [-0.3, -0.25) is 9.78 Å². The van der Waals surface area contributed by atoms with Crippen LogP contribution in [0.4, 0.5) is 0 Å². The van der Waals surface area contributed by atoms with Crippen molar-refractivity contribution in [3.05, 3.63) is 29.6 Å². The van der Waals surface area contributed by atoms with E-state index in [-0.39, 0.29) is 0 Å². The van der Waals surface area contributed by atoms with Gasteiger partial charge in [0.1, 0.15) is 0 Å². The molecular weight excluding hydrogens is 190 g/mol. The van der Waals surface area contributed by atoms with Crippen LogP contribution in [0.5, 0.6) is 0 Å². The first kappa shape index (κ1) is 13.6. The number of pyridine rings is 1. The second kappa shape index (κ2) is 5.49. The minimum absolute atomic E-state index is 0.785. The number of carbonyl (C=O) groups is 1. The van der Waals surface area contributed by atoms with Crippen molar-refractivity contribution < 1.29 is 9.90 Å². The van der Waals surface area contributed by atoms with E-state index in [1.807, 2.05) is 20.8 Å². The van der Waals surface area contributed by atoms with E-state index in [0.717, 1.165) is 11.3 Å². The Bertz CT molecular complexity index is 332. The minimum atomic E-state index is -0.840. The van der Waals surface area contributed by atoms with E-state index >= 15 is 0 Å². The summed E-state index contributed by atoms with van der Waals surface area (Å²) in [6.45, 7) is 9.22. The van der Waals surface area contributed by atoms with Crippen LogP contribution < -0.4 is 0 Å². The third kappa shape index (κ3) is 3.35. The van der Waals surface area contributed by atoms with Crippen LogP contribution in [0.1, 0.15) is 39.0 Å². The van der Waals surface area contributed by atoms with Crippen molar-refractivity contribution in [3.8, 4) is 0 Å². The summed E-state index contributed by atoms with van der Waals surface area (Å²) in [6.07, 6.45) is 1.63. The van der Waals surface area contributed by atoms with Crippen LogP contribution in [0.2, 0.25) is 0 Å². The zero-order valence-corrected chi connectivity index (χ0v) is 10.0. The number of aryl methyl sites for hydroxylation is 1. The molecule has 0 amide bonds. The predicted molar refractivity (Wildman–Crippen MR) is 61.0 cm³/mol. The molecule has 1 rings (SSSR count). The van der Waals surface area contributed by atoms with Crippen LogP contribution in [0.15, 0.2) is 18.3 Å². The molecule has 0 bridgehead atoms. The number of hydrogen-bond acceptors (Lipinski definition) is 2. The molecule has 0 spiro atoms. The highest BCUT2D eigenvalue weighted by Gasteiger charge is 2.29. The van der Waals surface area contributed by atoms with Crippen LogP contribution in [0, 0.1) is 6.92 Å². The van der Waals surface area contributed by atoms with Gasteiger partial charge >= 0.3 is 5.97 Å². The molecule has 0 fully saturated rings. The molecule has 1 heterocycles. The lowest BCUT2D eigenvalue weighted by molar-refractivity contribution is -0.142. The molecule has 15 heavy (non-hydrogen) atoms. The average molecular weight is 209 g/mol. The maximum atomic E-state index is 10.9. The van der Waals surface area contributed by atoms with E-state index in [1.165, 1.54) is 0 Å². The standard InChI is InChI=1S/C10H13NO2.C2H6/c1-7-6-8(4-5-11-7)10(2,3)9(12)13;1-2/h4-6H,1-3H3,(H,12,13);1-2H3. The van der Waals surface area contributed by atoms with Gasteiger partial charge in [0.15, 0.2) is 0 Å². The molecular formula is C12H19NO2. The normalized spacial score (nSPS) is 10.2. The summed E-state index contributed by atoms with van der Waals surface area (Å²) in [4.78, 5) is 14.9. The molecule has 0 aliphatic heterocycles. The summed E-state index contributed by atoms with van der Waals surface area (Å²) in [6, 6.07) is 3.54. The van der Waals surface area contributed by atoms with Crippen LogP contribution in [0.25, 0.3) is 0 Å². The van der Waals surface area contributed by atoms with Crippen molar-refractivity contribution in [1.82, 2.24) is 4.98 Å². The van der Waals surface area contributed by atoms with E-state index in [2.05, 4.69) is 4.98 Å². The number of rotatable bonds is 2. The smallest absolute Gasteiger partial charge is 0.313 e. The molecule has 1 aromatic rings. The average Bonchev–Trinajstić information content (AvgIpc) is 2.20. The Labute approximate surface area is 91.2 Å². The van der Waals surface area contributed by atoms with Gasteiger partial charge in [-0.1, -0.05) is 13.8 Å².